The van der Waals surface area contributed by atoms with Crippen molar-refractivity contribution < 1.29 is 19.1 Å². The first-order chi connectivity index (χ1) is 12.0. The summed E-state index contributed by atoms with van der Waals surface area (Å²) >= 11 is 0. The quantitative estimate of drug-likeness (QED) is 0.808. The van der Waals surface area contributed by atoms with E-state index in [0.717, 1.165) is 5.75 Å². The molecule has 0 unspecified atom stereocenters. The van der Waals surface area contributed by atoms with Gasteiger partial charge in [0.1, 0.15) is 11.5 Å². The number of hydrogen-bond donors (Lipinski definition) is 2. The highest BCUT2D eigenvalue weighted by Gasteiger charge is 2.15. The second-order valence-electron chi connectivity index (χ2n) is 5.41. The molecule has 2 rings (SSSR count). The molecule has 0 fully saturated rings. The van der Waals surface area contributed by atoms with Gasteiger partial charge in [-0.15, -0.1) is 0 Å². The van der Waals surface area contributed by atoms with Crippen molar-refractivity contribution in [1.82, 2.24) is 0 Å². The second kappa shape index (κ2) is 8.73. The van der Waals surface area contributed by atoms with Crippen LogP contribution in [0.4, 0.5) is 11.4 Å². The normalized spacial score (nSPS) is 11.3. The lowest BCUT2D eigenvalue weighted by Crippen LogP contribution is -2.30. The lowest BCUT2D eigenvalue weighted by Gasteiger charge is -2.15. The van der Waals surface area contributed by atoms with Crippen LogP contribution in [0, 0.1) is 0 Å². The van der Waals surface area contributed by atoms with Gasteiger partial charge >= 0.3 is 0 Å². The third-order valence-corrected chi connectivity index (χ3v) is 3.48. The van der Waals surface area contributed by atoms with Crippen molar-refractivity contribution in [3.8, 4) is 11.5 Å². The summed E-state index contributed by atoms with van der Waals surface area (Å²) in [5.41, 5.74) is 1.22. The average molecular weight is 342 g/mol. The van der Waals surface area contributed by atoms with Crippen LogP contribution in [-0.4, -0.2) is 25.0 Å². The summed E-state index contributed by atoms with van der Waals surface area (Å²) in [7, 11) is 1.59. The van der Waals surface area contributed by atoms with Gasteiger partial charge in [-0.3, -0.25) is 9.59 Å². The Morgan fingerprint density at radius 3 is 2.20 bits per heavy atom. The number of carbonyl (C=O) groups excluding carboxylic acids is 2. The Kier molecular flexibility index (Phi) is 6.39. The maximum absolute atomic E-state index is 12.3. The van der Waals surface area contributed by atoms with Crippen LogP contribution in [0.2, 0.25) is 0 Å². The number of carbonyl (C=O) groups is 2. The first-order valence-electron chi connectivity index (χ1n) is 8.03. The fourth-order valence-electron chi connectivity index (χ4n) is 2.08. The fraction of sp³-hybridized carbons (Fsp3) is 0.263. The van der Waals surface area contributed by atoms with E-state index in [1.165, 1.54) is 0 Å². The van der Waals surface area contributed by atoms with E-state index in [2.05, 4.69) is 10.6 Å². The van der Waals surface area contributed by atoms with E-state index < -0.39 is 6.10 Å². The topological polar surface area (TPSA) is 76.7 Å². The second-order valence-corrected chi connectivity index (χ2v) is 5.41. The number of ether oxygens (including phenoxy) is 2. The van der Waals surface area contributed by atoms with Crippen LogP contribution in [0.5, 0.6) is 11.5 Å². The average Bonchev–Trinajstić information content (AvgIpc) is 2.62. The zero-order valence-corrected chi connectivity index (χ0v) is 14.5. The first-order valence-corrected chi connectivity index (χ1v) is 8.03. The number of hydrogen-bond acceptors (Lipinski definition) is 4. The van der Waals surface area contributed by atoms with Crippen LogP contribution in [0.1, 0.15) is 20.3 Å². The number of amides is 2. The summed E-state index contributed by atoms with van der Waals surface area (Å²) in [4.78, 5) is 23.7. The Labute approximate surface area is 147 Å². The molecule has 0 radical (unpaired) electrons. The van der Waals surface area contributed by atoms with Gasteiger partial charge in [0.25, 0.3) is 5.91 Å². The summed E-state index contributed by atoms with van der Waals surface area (Å²) in [5.74, 6) is 0.928. The molecule has 2 aromatic rings. The number of rotatable bonds is 7. The van der Waals surface area contributed by atoms with E-state index in [9.17, 15) is 9.59 Å². The molecule has 2 amide bonds. The molecular formula is C19H22N2O4. The standard InChI is InChI=1S/C19H22N2O4/c1-4-18(22)20-14-6-5-7-15(12-14)21-19(23)13(2)25-17-10-8-16(24-3)9-11-17/h5-13H,4H2,1-3H3,(H,20,22)(H,21,23)/t13-/m1/s1. The predicted octanol–water partition coefficient (Wildman–Crippen LogP) is 3.45. The van der Waals surface area contributed by atoms with Gasteiger partial charge in [-0.2, -0.15) is 0 Å². The number of anilines is 2. The molecule has 0 saturated heterocycles. The molecule has 2 aromatic carbocycles. The predicted molar refractivity (Wildman–Crippen MR) is 97.1 cm³/mol. The summed E-state index contributed by atoms with van der Waals surface area (Å²) < 4.78 is 10.7. The molecule has 0 bridgehead atoms. The number of methoxy groups -OCH3 is 1. The minimum Gasteiger partial charge on any atom is -0.497 e. The molecule has 25 heavy (non-hydrogen) atoms. The molecule has 0 aliphatic carbocycles. The van der Waals surface area contributed by atoms with Crippen LogP contribution in [0.15, 0.2) is 48.5 Å². The summed E-state index contributed by atoms with van der Waals surface area (Å²) in [5, 5.41) is 5.53. The molecule has 1 atom stereocenters. The van der Waals surface area contributed by atoms with Gasteiger partial charge in [0.05, 0.1) is 7.11 Å². The monoisotopic (exact) mass is 342 g/mol. The van der Waals surface area contributed by atoms with Crippen molar-refractivity contribution in [3.05, 3.63) is 48.5 Å². The van der Waals surface area contributed by atoms with Crippen molar-refractivity contribution in [1.29, 1.82) is 0 Å². The van der Waals surface area contributed by atoms with Gasteiger partial charge in [0.2, 0.25) is 5.91 Å². The van der Waals surface area contributed by atoms with Crippen LogP contribution in [-0.2, 0) is 9.59 Å². The molecule has 0 aliphatic rings. The minimum absolute atomic E-state index is 0.0836. The number of benzene rings is 2. The Hall–Kier alpha value is -3.02. The van der Waals surface area contributed by atoms with Crippen LogP contribution in [0.25, 0.3) is 0 Å². The molecule has 132 valence electrons. The van der Waals surface area contributed by atoms with E-state index in [-0.39, 0.29) is 11.8 Å². The van der Waals surface area contributed by atoms with E-state index in [4.69, 9.17) is 9.47 Å². The molecule has 0 heterocycles. The SMILES string of the molecule is CCC(=O)Nc1cccc(NC(=O)[C@@H](C)Oc2ccc(OC)cc2)c1. The molecule has 0 aromatic heterocycles. The largest absolute Gasteiger partial charge is 0.497 e. The Morgan fingerprint density at radius 1 is 1.00 bits per heavy atom. The van der Waals surface area contributed by atoms with Crippen molar-refractivity contribution in [2.24, 2.45) is 0 Å². The van der Waals surface area contributed by atoms with Gasteiger partial charge in [-0.1, -0.05) is 13.0 Å². The van der Waals surface area contributed by atoms with Crippen LogP contribution in [0.3, 0.4) is 0 Å². The molecule has 6 heteroatoms. The lowest BCUT2D eigenvalue weighted by molar-refractivity contribution is -0.122. The van der Waals surface area contributed by atoms with Crippen molar-refractivity contribution in [2.45, 2.75) is 26.4 Å². The highest BCUT2D eigenvalue weighted by atomic mass is 16.5. The minimum atomic E-state index is -0.678. The maximum Gasteiger partial charge on any atom is 0.265 e. The van der Waals surface area contributed by atoms with Crippen molar-refractivity contribution in [2.75, 3.05) is 17.7 Å². The smallest absolute Gasteiger partial charge is 0.265 e. The van der Waals surface area contributed by atoms with E-state index >= 15 is 0 Å². The van der Waals surface area contributed by atoms with Gasteiger partial charge in [0, 0.05) is 17.8 Å². The van der Waals surface area contributed by atoms with Crippen molar-refractivity contribution in [3.63, 3.8) is 0 Å². The molecule has 2 N–H and O–H groups in total. The fourth-order valence-corrected chi connectivity index (χ4v) is 2.08. The van der Waals surface area contributed by atoms with E-state index in [1.807, 2.05) is 0 Å². The zero-order chi connectivity index (χ0) is 18.2. The Balaban J connectivity index is 1.95. The third kappa shape index (κ3) is 5.53. The molecule has 0 saturated carbocycles. The summed E-state index contributed by atoms with van der Waals surface area (Å²) in [6, 6.07) is 14.0. The Bertz CT molecular complexity index is 728. The van der Waals surface area contributed by atoms with Crippen molar-refractivity contribution >= 4 is 23.2 Å². The van der Waals surface area contributed by atoms with Crippen LogP contribution < -0.4 is 20.1 Å². The summed E-state index contributed by atoms with van der Waals surface area (Å²) in [6.45, 7) is 3.45. The summed E-state index contributed by atoms with van der Waals surface area (Å²) in [6.07, 6.45) is -0.286. The Morgan fingerprint density at radius 2 is 1.60 bits per heavy atom. The van der Waals surface area contributed by atoms with Gasteiger partial charge < -0.3 is 20.1 Å². The third-order valence-electron chi connectivity index (χ3n) is 3.48. The lowest BCUT2D eigenvalue weighted by atomic mass is 10.2. The molecule has 6 nitrogen and oxygen atoms in total. The molecule has 0 aliphatic heterocycles. The van der Waals surface area contributed by atoms with Gasteiger partial charge in [0.15, 0.2) is 6.10 Å². The maximum atomic E-state index is 12.3. The first kappa shape index (κ1) is 18.3. The molecular weight excluding hydrogens is 320 g/mol. The molecule has 0 spiro atoms. The number of nitrogens with one attached hydrogen (secondary N) is 2. The van der Waals surface area contributed by atoms with E-state index in [1.54, 1.807) is 69.5 Å². The zero-order valence-electron chi connectivity index (χ0n) is 14.5. The highest BCUT2D eigenvalue weighted by molar-refractivity contribution is 5.95. The van der Waals surface area contributed by atoms with Gasteiger partial charge in [-0.25, -0.2) is 0 Å². The van der Waals surface area contributed by atoms with E-state index in [0.29, 0.717) is 23.5 Å². The van der Waals surface area contributed by atoms with Crippen LogP contribution >= 0.6 is 0 Å². The van der Waals surface area contributed by atoms with Gasteiger partial charge in [-0.05, 0) is 49.4 Å². The highest BCUT2D eigenvalue weighted by Crippen LogP contribution is 2.19.